The summed E-state index contributed by atoms with van der Waals surface area (Å²) in [5, 5.41) is 8.99. The van der Waals surface area contributed by atoms with E-state index in [0.29, 0.717) is 29.8 Å². The Kier molecular flexibility index (Phi) is 5.92. The number of esters is 1. The number of carbonyl (C=O) groups excluding carboxylic acids is 4. The Labute approximate surface area is 206 Å². The zero-order valence-corrected chi connectivity index (χ0v) is 19.4. The third kappa shape index (κ3) is 3.77. The smallest absolute Gasteiger partial charge is 0.354 e. The Morgan fingerprint density at radius 3 is 2.56 bits per heavy atom. The second kappa shape index (κ2) is 9.07. The van der Waals surface area contributed by atoms with E-state index in [-0.39, 0.29) is 43.7 Å². The monoisotopic (exact) mass is 490 g/mol. The molecule has 0 spiro atoms. The lowest BCUT2D eigenvalue weighted by molar-refractivity contribution is -0.160. The summed E-state index contributed by atoms with van der Waals surface area (Å²) >= 11 is 0. The van der Waals surface area contributed by atoms with Gasteiger partial charge in [0.05, 0.1) is 23.7 Å². The zero-order chi connectivity index (χ0) is 25.4. The van der Waals surface area contributed by atoms with Gasteiger partial charge in [-0.25, -0.2) is 9.18 Å². The molecule has 0 N–H and O–H groups in total. The minimum Gasteiger partial charge on any atom is -0.452 e. The first-order valence-electron chi connectivity index (χ1n) is 11.7. The Bertz CT molecular complexity index is 1290. The molecule has 2 aromatic carbocycles. The minimum absolute atomic E-state index is 0.0179. The first-order valence-corrected chi connectivity index (χ1v) is 11.7. The second-order valence-corrected chi connectivity index (χ2v) is 8.98. The quantitative estimate of drug-likeness (QED) is 0.552. The number of ether oxygens (including phenoxy) is 1. The van der Waals surface area contributed by atoms with Crippen LogP contribution >= 0.6 is 0 Å². The van der Waals surface area contributed by atoms with Gasteiger partial charge in [-0.15, -0.1) is 0 Å². The van der Waals surface area contributed by atoms with Crippen molar-refractivity contribution in [2.24, 2.45) is 0 Å². The number of amides is 3. The molecule has 0 radical (unpaired) electrons. The van der Waals surface area contributed by atoms with Gasteiger partial charge in [-0.05, 0) is 49.2 Å². The van der Waals surface area contributed by atoms with E-state index in [2.05, 4.69) is 0 Å². The lowest BCUT2D eigenvalue weighted by atomic mass is 9.96. The fourth-order valence-electron chi connectivity index (χ4n) is 5.01. The number of rotatable bonds is 7. The topological polar surface area (TPSA) is 111 Å². The normalized spacial score (nSPS) is 20.4. The first kappa shape index (κ1) is 23.5. The molecule has 2 aromatic rings. The van der Waals surface area contributed by atoms with Crippen molar-refractivity contribution in [3.05, 3.63) is 59.9 Å². The standard InChI is InChI=1S/C26H23FN4O5/c27-17-6-8-18(9-7-17)29(15-3-14-28)23(33)16-36-25(35)26-13-12-22(32)31(26)21-5-2-1-4-20(21)24(34)30(26)19-10-11-19/h1-2,4-9,19H,3,10-13,15-16H2. The zero-order valence-electron chi connectivity index (χ0n) is 19.4. The molecule has 2 aliphatic heterocycles. The van der Waals surface area contributed by atoms with E-state index in [1.54, 1.807) is 24.3 Å². The van der Waals surface area contributed by atoms with Gasteiger partial charge in [0.1, 0.15) is 5.82 Å². The van der Waals surface area contributed by atoms with Crippen LogP contribution in [0.2, 0.25) is 0 Å². The molecule has 184 valence electrons. The van der Waals surface area contributed by atoms with Crippen molar-refractivity contribution in [3.8, 4) is 6.07 Å². The Morgan fingerprint density at radius 1 is 1.14 bits per heavy atom. The largest absolute Gasteiger partial charge is 0.452 e. The molecule has 1 aliphatic carbocycles. The molecule has 1 atom stereocenters. The van der Waals surface area contributed by atoms with Crippen LogP contribution in [0.3, 0.4) is 0 Å². The maximum atomic E-state index is 13.7. The number of fused-ring (bicyclic) bond motifs is 3. The molecule has 5 rings (SSSR count). The van der Waals surface area contributed by atoms with Crippen molar-refractivity contribution in [2.75, 3.05) is 23.0 Å². The molecule has 1 saturated heterocycles. The number of nitrogens with zero attached hydrogens (tertiary/aromatic N) is 4. The molecule has 3 aliphatic rings. The number of halogens is 1. The summed E-state index contributed by atoms with van der Waals surface area (Å²) in [6.45, 7) is -0.645. The molecule has 1 unspecified atom stereocenters. The number of benzene rings is 2. The van der Waals surface area contributed by atoms with Gasteiger partial charge >= 0.3 is 5.97 Å². The van der Waals surface area contributed by atoms with Gasteiger partial charge < -0.3 is 14.5 Å². The second-order valence-electron chi connectivity index (χ2n) is 8.98. The number of nitriles is 1. The van der Waals surface area contributed by atoms with Crippen molar-refractivity contribution in [2.45, 2.75) is 43.8 Å². The van der Waals surface area contributed by atoms with Crippen LogP contribution in [0.15, 0.2) is 48.5 Å². The lowest BCUT2D eigenvalue weighted by Gasteiger charge is -2.48. The van der Waals surface area contributed by atoms with Gasteiger partial charge in [-0.1, -0.05) is 12.1 Å². The number of anilines is 2. The number of para-hydroxylation sites is 1. The van der Waals surface area contributed by atoms with Crippen molar-refractivity contribution in [1.82, 2.24) is 4.90 Å². The van der Waals surface area contributed by atoms with Crippen LogP contribution in [0.4, 0.5) is 15.8 Å². The third-order valence-electron chi connectivity index (χ3n) is 6.75. The molecule has 1 saturated carbocycles. The molecule has 0 bridgehead atoms. The predicted octanol–water partition coefficient (Wildman–Crippen LogP) is 2.76. The van der Waals surface area contributed by atoms with E-state index in [0.717, 1.165) is 0 Å². The average Bonchev–Trinajstić information content (AvgIpc) is 3.65. The highest BCUT2D eigenvalue weighted by Crippen LogP contribution is 2.49. The SMILES string of the molecule is N#CCCN(C(=O)COC(=O)C12CCC(=O)N1c1ccccc1C(=O)N2C1CC1)c1ccc(F)cc1. The predicted molar refractivity (Wildman–Crippen MR) is 125 cm³/mol. The van der Waals surface area contributed by atoms with Crippen molar-refractivity contribution < 1.29 is 28.3 Å². The molecule has 9 nitrogen and oxygen atoms in total. The molecule has 0 aromatic heterocycles. The summed E-state index contributed by atoms with van der Waals surface area (Å²) in [6.07, 6.45) is 1.54. The minimum atomic E-state index is -1.66. The van der Waals surface area contributed by atoms with Crippen LogP contribution in [0.5, 0.6) is 0 Å². The molecular weight excluding hydrogens is 467 g/mol. The van der Waals surface area contributed by atoms with Gasteiger partial charge in [-0.3, -0.25) is 19.3 Å². The van der Waals surface area contributed by atoms with Crippen LogP contribution in [0, 0.1) is 17.1 Å². The van der Waals surface area contributed by atoms with E-state index in [1.165, 1.54) is 39.0 Å². The van der Waals surface area contributed by atoms with E-state index in [9.17, 15) is 23.6 Å². The van der Waals surface area contributed by atoms with Gasteiger partial charge in [0, 0.05) is 31.1 Å². The van der Waals surface area contributed by atoms with Crippen LogP contribution < -0.4 is 9.80 Å². The highest BCUT2D eigenvalue weighted by atomic mass is 19.1. The molecule has 3 amide bonds. The Balaban J connectivity index is 1.43. The van der Waals surface area contributed by atoms with Crippen LogP contribution in [-0.2, 0) is 19.1 Å². The Hall–Kier alpha value is -4.26. The van der Waals surface area contributed by atoms with Gasteiger partial charge in [-0.2, -0.15) is 5.26 Å². The summed E-state index contributed by atoms with van der Waals surface area (Å²) in [7, 11) is 0. The number of hydrogen-bond acceptors (Lipinski definition) is 6. The molecule has 2 heterocycles. The van der Waals surface area contributed by atoms with Crippen molar-refractivity contribution in [3.63, 3.8) is 0 Å². The number of carbonyl (C=O) groups is 4. The highest BCUT2D eigenvalue weighted by Gasteiger charge is 2.64. The fourth-order valence-corrected chi connectivity index (χ4v) is 5.01. The molecular formula is C26H23FN4O5. The summed E-state index contributed by atoms with van der Waals surface area (Å²) < 4.78 is 18.9. The lowest BCUT2D eigenvalue weighted by Crippen LogP contribution is -2.69. The van der Waals surface area contributed by atoms with Crippen molar-refractivity contribution in [1.29, 1.82) is 5.26 Å². The number of hydrogen-bond donors (Lipinski definition) is 0. The maximum absolute atomic E-state index is 13.7. The summed E-state index contributed by atoms with van der Waals surface area (Å²) in [5.74, 6) is -2.59. The van der Waals surface area contributed by atoms with Gasteiger partial charge in [0.25, 0.3) is 11.8 Å². The van der Waals surface area contributed by atoms with Crippen molar-refractivity contribution >= 4 is 35.1 Å². The van der Waals surface area contributed by atoms with E-state index >= 15 is 0 Å². The molecule has 36 heavy (non-hydrogen) atoms. The van der Waals surface area contributed by atoms with E-state index in [4.69, 9.17) is 10.00 Å². The van der Waals surface area contributed by atoms with Gasteiger partial charge in [0.2, 0.25) is 11.6 Å². The van der Waals surface area contributed by atoms with Crippen LogP contribution in [0.25, 0.3) is 0 Å². The highest BCUT2D eigenvalue weighted by molar-refractivity contribution is 6.16. The average molecular weight is 490 g/mol. The van der Waals surface area contributed by atoms with E-state index < -0.39 is 30.0 Å². The van der Waals surface area contributed by atoms with Gasteiger partial charge in [0.15, 0.2) is 6.61 Å². The fraction of sp³-hybridized carbons (Fsp3) is 0.346. The maximum Gasteiger partial charge on any atom is 0.354 e. The first-order chi connectivity index (χ1) is 17.4. The van der Waals surface area contributed by atoms with E-state index in [1.807, 2.05) is 6.07 Å². The third-order valence-corrected chi connectivity index (χ3v) is 6.75. The summed E-state index contributed by atoms with van der Waals surface area (Å²) in [6, 6.07) is 13.6. The molecule has 2 fully saturated rings. The van der Waals surface area contributed by atoms with Crippen LogP contribution in [0.1, 0.15) is 42.5 Å². The van der Waals surface area contributed by atoms with Crippen LogP contribution in [-0.4, -0.2) is 53.4 Å². The molecule has 10 heteroatoms. The summed E-state index contributed by atoms with van der Waals surface area (Å²) in [5.41, 5.74) is -0.604. The Morgan fingerprint density at radius 2 is 1.86 bits per heavy atom. The summed E-state index contributed by atoms with van der Waals surface area (Å²) in [4.78, 5) is 57.3.